The predicted octanol–water partition coefficient (Wildman–Crippen LogP) is 4.27. The van der Waals surface area contributed by atoms with Crippen molar-refractivity contribution in [3.63, 3.8) is 0 Å². The smallest absolute Gasteiger partial charge is 0.374 e. The Labute approximate surface area is 180 Å². The fourth-order valence-corrected chi connectivity index (χ4v) is 3.21. The average molecular weight is 437 g/mol. The minimum Gasteiger partial charge on any atom is -0.450 e. The number of nitrogens with one attached hydrogen (secondary N) is 1. The summed E-state index contributed by atoms with van der Waals surface area (Å²) in [6.07, 6.45) is 0. The number of hydrogen-bond donors (Lipinski definition) is 1. The number of anilines is 1. The molecule has 0 saturated carbocycles. The number of nitro benzene ring substituents is 1. The van der Waals surface area contributed by atoms with Gasteiger partial charge < -0.3 is 14.5 Å². The second-order valence-corrected chi connectivity index (χ2v) is 7.05. The van der Waals surface area contributed by atoms with Gasteiger partial charge in [0.05, 0.1) is 22.4 Å². The van der Waals surface area contributed by atoms with E-state index in [-0.39, 0.29) is 17.2 Å². The molecule has 9 nitrogen and oxygen atoms in total. The maximum absolute atomic E-state index is 12.2. The van der Waals surface area contributed by atoms with E-state index in [1.165, 1.54) is 48.2 Å². The summed E-state index contributed by atoms with van der Waals surface area (Å²) in [6, 6.07) is 17.6. The van der Waals surface area contributed by atoms with Crippen LogP contribution in [0.3, 0.4) is 0 Å². The molecule has 0 fully saturated rings. The van der Waals surface area contributed by atoms with E-state index in [2.05, 4.69) is 5.32 Å². The fourth-order valence-electron chi connectivity index (χ4n) is 2.54. The van der Waals surface area contributed by atoms with E-state index in [1.54, 1.807) is 24.3 Å². The number of nitriles is 1. The Morgan fingerprint density at radius 3 is 2.58 bits per heavy atom. The Kier molecular flexibility index (Phi) is 7.03. The van der Waals surface area contributed by atoms with Gasteiger partial charge in [-0.1, -0.05) is 12.1 Å². The Hall–Kier alpha value is -4.10. The van der Waals surface area contributed by atoms with Crippen LogP contribution in [0.2, 0.25) is 0 Å². The van der Waals surface area contributed by atoms with Gasteiger partial charge in [0.2, 0.25) is 5.76 Å². The van der Waals surface area contributed by atoms with Gasteiger partial charge >= 0.3 is 5.97 Å². The standard InChI is InChI=1S/C21H15N3O6S/c22-11-12-31-19-4-2-1-3-16(19)23-20(25)13-29-21(26)18-10-9-17(30-18)14-5-7-15(8-6-14)24(27)28/h1-10H,12-13H2,(H,23,25). The quantitative estimate of drug-likeness (QED) is 0.239. The van der Waals surface area contributed by atoms with Crippen LogP contribution in [0.4, 0.5) is 11.4 Å². The maximum Gasteiger partial charge on any atom is 0.374 e. The summed E-state index contributed by atoms with van der Waals surface area (Å²) in [5, 5.41) is 22.1. The monoisotopic (exact) mass is 437 g/mol. The first kappa shape index (κ1) is 21.6. The predicted molar refractivity (Wildman–Crippen MR) is 112 cm³/mol. The number of nitro groups is 1. The van der Waals surface area contributed by atoms with Gasteiger partial charge in [-0.2, -0.15) is 5.26 Å². The molecule has 2 aromatic carbocycles. The molecule has 156 valence electrons. The number of carbonyl (C=O) groups excluding carboxylic acids is 2. The van der Waals surface area contributed by atoms with Gasteiger partial charge in [0.15, 0.2) is 6.61 Å². The lowest BCUT2D eigenvalue weighted by Crippen LogP contribution is -2.21. The minimum atomic E-state index is -0.824. The third-order valence-corrected chi connectivity index (χ3v) is 4.90. The lowest BCUT2D eigenvalue weighted by Gasteiger charge is -2.09. The number of thioether (sulfide) groups is 1. The van der Waals surface area contributed by atoms with E-state index in [9.17, 15) is 19.7 Å². The van der Waals surface area contributed by atoms with E-state index in [0.29, 0.717) is 17.0 Å². The topological polar surface area (TPSA) is 135 Å². The number of esters is 1. The highest BCUT2D eigenvalue weighted by Crippen LogP contribution is 2.27. The number of ether oxygens (including phenoxy) is 1. The summed E-state index contributed by atoms with van der Waals surface area (Å²) in [5.41, 5.74) is 1.00. The van der Waals surface area contributed by atoms with Gasteiger partial charge in [-0.15, -0.1) is 11.8 Å². The van der Waals surface area contributed by atoms with Crippen LogP contribution < -0.4 is 5.32 Å². The number of non-ortho nitro benzene ring substituents is 1. The number of rotatable bonds is 8. The molecule has 0 aliphatic carbocycles. The lowest BCUT2D eigenvalue weighted by atomic mass is 10.1. The molecule has 0 bridgehead atoms. The van der Waals surface area contributed by atoms with Crippen molar-refractivity contribution >= 4 is 35.0 Å². The molecule has 1 heterocycles. The molecular weight excluding hydrogens is 422 g/mol. The van der Waals surface area contributed by atoms with Gasteiger partial charge in [0.25, 0.3) is 11.6 Å². The van der Waals surface area contributed by atoms with Crippen LogP contribution in [0, 0.1) is 21.4 Å². The third kappa shape index (κ3) is 5.71. The molecule has 0 aliphatic heterocycles. The molecule has 0 radical (unpaired) electrons. The summed E-state index contributed by atoms with van der Waals surface area (Å²) >= 11 is 1.28. The molecule has 1 amide bonds. The number of para-hydroxylation sites is 1. The van der Waals surface area contributed by atoms with Crippen LogP contribution in [0.25, 0.3) is 11.3 Å². The van der Waals surface area contributed by atoms with E-state index in [1.807, 2.05) is 6.07 Å². The van der Waals surface area contributed by atoms with E-state index >= 15 is 0 Å². The number of benzene rings is 2. The number of furan rings is 1. The Balaban J connectivity index is 1.57. The molecule has 3 rings (SSSR count). The first-order valence-electron chi connectivity index (χ1n) is 8.88. The zero-order valence-electron chi connectivity index (χ0n) is 15.9. The largest absolute Gasteiger partial charge is 0.450 e. The zero-order chi connectivity index (χ0) is 22.2. The van der Waals surface area contributed by atoms with E-state index in [0.717, 1.165) is 4.90 Å². The van der Waals surface area contributed by atoms with Crippen LogP contribution in [0.1, 0.15) is 10.6 Å². The molecule has 0 unspecified atom stereocenters. The molecule has 0 aliphatic rings. The van der Waals surface area contributed by atoms with Crippen LogP contribution in [0.15, 0.2) is 70.0 Å². The van der Waals surface area contributed by atoms with Gasteiger partial charge in [-0.3, -0.25) is 14.9 Å². The summed E-state index contributed by atoms with van der Waals surface area (Å²) in [6.45, 7) is -0.524. The number of amides is 1. The Morgan fingerprint density at radius 2 is 1.87 bits per heavy atom. The molecule has 1 N–H and O–H groups in total. The molecule has 0 saturated heterocycles. The van der Waals surface area contributed by atoms with Crippen molar-refractivity contribution < 1.29 is 23.7 Å². The molecule has 3 aromatic rings. The molecule has 31 heavy (non-hydrogen) atoms. The summed E-state index contributed by atoms with van der Waals surface area (Å²) in [5.74, 6) is -0.908. The second kappa shape index (κ2) is 10.1. The van der Waals surface area contributed by atoms with Crippen LogP contribution >= 0.6 is 11.8 Å². The molecule has 0 spiro atoms. The van der Waals surface area contributed by atoms with Crippen LogP contribution in [-0.2, 0) is 9.53 Å². The van der Waals surface area contributed by atoms with Crippen molar-refractivity contribution in [3.8, 4) is 17.4 Å². The maximum atomic E-state index is 12.2. The normalized spacial score (nSPS) is 10.2. The first-order valence-corrected chi connectivity index (χ1v) is 9.87. The van der Waals surface area contributed by atoms with Gasteiger partial charge in [-0.25, -0.2) is 4.79 Å². The zero-order valence-corrected chi connectivity index (χ0v) is 16.8. The summed E-state index contributed by atoms with van der Waals surface area (Å²) in [4.78, 5) is 35.2. The van der Waals surface area contributed by atoms with Crippen molar-refractivity contribution in [1.82, 2.24) is 0 Å². The van der Waals surface area contributed by atoms with Crippen molar-refractivity contribution in [2.45, 2.75) is 4.90 Å². The highest BCUT2D eigenvalue weighted by molar-refractivity contribution is 7.99. The van der Waals surface area contributed by atoms with Crippen molar-refractivity contribution in [2.24, 2.45) is 0 Å². The van der Waals surface area contributed by atoms with Crippen molar-refractivity contribution in [2.75, 3.05) is 17.7 Å². The van der Waals surface area contributed by atoms with Gasteiger partial charge in [-0.05, 0) is 36.4 Å². The van der Waals surface area contributed by atoms with Gasteiger partial charge in [0, 0.05) is 22.6 Å². The van der Waals surface area contributed by atoms with E-state index in [4.69, 9.17) is 14.4 Å². The number of carbonyl (C=O) groups is 2. The number of nitrogens with zero attached hydrogens (tertiary/aromatic N) is 2. The molecule has 1 aromatic heterocycles. The second-order valence-electron chi connectivity index (χ2n) is 6.04. The Morgan fingerprint density at radius 1 is 1.13 bits per heavy atom. The molecule has 10 heteroatoms. The molecule has 0 atom stereocenters. The summed E-state index contributed by atoms with van der Waals surface area (Å²) in [7, 11) is 0. The first-order chi connectivity index (χ1) is 15.0. The highest BCUT2D eigenvalue weighted by Gasteiger charge is 2.16. The minimum absolute atomic E-state index is 0.0615. The SMILES string of the molecule is N#CCSc1ccccc1NC(=O)COC(=O)c1ccc(-c2ccc([N+](=O)[O-])cc2)o1. The van der Waals surface area contributed by atoms with E-state index < -0.39 is 23.4 Å². The summed E-state index contributed by atoms with van der Waals surface area (Å²) < 4.78 is 10.4. The van der Waals surface area contributed by atoms with Crippen molar-refractivity contribution in [1.29, 1.82) is 5.26 Å². The lowest BCUT2D eigenvalue weighted by molar-refractivity contribution is -0.384. The highest BCUT2D eigenvalue weighted by atomic mass is 32.2. The number of hydrogen-bond acceptors (Lipinski definition) is 8. The van der Waals surface area contributed by atoms with Crippen LogP contribution in [-0.4, -0.2) is 29.2 Å². The third-order valence-electron chi connectivity index (χ3n) is 3.96. The van der Waals surface area contributed by atoms with Crippen LogP contribution in [0.5, 0.6) is 0 Å². The molecular formula is C21H15N3O6S. The fraction of sp³-hybridized carbons (Fsp3) is 0.0952. The Bertz CT molecular complexity index is 1150. The average Bonchev–Trinajstić information content (AvgIpc) is 3.27. The van der Waals surface area contributed by atoms with Gasteiger partial charge in [0.1, 0.15) is 5.76 Å². The van der Waals surface area contributed by atoms with Crippen molar-refractivity contribution in [3.05, 3.63) is 76.5 Å².